The van der Waals surface area contributed by atoms with Crippen LogP contribution in [0.4, 0.5) is 0 Å². The number of rotatable bonds is 8. The quantitative estimate of drug-likeness (QED) is 0.299. The van der Waals surface area contributed by atoms with E-state index in [1.807, 2.05) is 28.0 Å². The molecule has 0 spiro atoms. The SMILES string of the molecule is COc1cc(-c2cc(C)c(=O)n(C)c2)ccc1C(=O)N1CCN(CC2CCN(C(=O)c3ccc(OC)c(-n4ccc(=O)[nH]c4=O)c3)CC2)CC1. The van der Waals surface area contributed by atoms with Gasteiger partial charge in [0.15, 0.2) is 0 Å². The number of nitrogens with one attached hydrogen (secondary N) is 1. The lowest BCUT2D eigenvalue weighted by Gasteiger charge is -2.39. The highest BCUT2D eigenvalue weighted by atomic mass is 16.5. The second-order valence-corrected chi connectivity index (χ2v) is 12.9. The van der Waals surface area contributed by atoms with Gasteiger partial charge in [-0.2, -0.15) is 0 Å². The zero-order valence-corrected chi connectivity index (χ0v) is 28.8. The number of amides is 2. The molecule has 13 nitrogen and oxygen atoms in total. The van der Waals surface area contributed by atoms with E-state index in [-0.39, 0.29) is 17.4 Å². The van der Waals surface area contributed by atoms with Crippen LogP contribution in [-0.2, 0) is 7.05 Å². The second kappa shape index (κ2) is 14.6. The fourth-order valence-electron chi connectivity index (χ4n) is 6.87. The predicted molar refractivity (Wildman–Crippen MR) is 189 cm³/mol. The number of carbonyl (C=O) groups excluding carboxylic acids is 2. The van der Waals surface area contributed by atoms with Crippen LogP contribution in [0.5, 0.6) is 11.5 Å². The first-order valence-corrected chi connectivity index (χ1v) is 16.7. The van der Waals surface area contributed by atoms with Gasteiger partial charge in [0.25, 0.3) is 22.9 Å². The fraction of sp³-hybridized carbons (Fsp3) is 0.378. The Hall–Kier alpha value is -5.43. The highest BCUT2D eigenvalue weighted by Crippen LogP contribution is 2.29. The second-order valence-electron chi connectivity index (χ2n) is 12.9. The van der Waals surface area contributed by atoms with Crippen molar-refractivity contribution >= 4 is 11.8 Å². The van der Waals surface area contributed by atoms with Gasteiger partial charge in [0, 0.05) is 82.4 Å². The van der Waals surface area contributed by atoms with Crippen LogP contribution < -0.4 is 26.3 Å². The number of nitrogens with zero attached hydrogens (tertiary/aromatic N) is 5. The number of piperidine rings is 1. The van der Waals surface area contributed by atoms with E-state index in [2.05, 4.69) is 9.88 Å². The molecule has 2 aliphatic rings. The van der Waals surface area contributed by atoms with Crippen molar-refractivity contribution in [2.75, 3.05) is 60.0 Å². The summed E-state index contributed by atoms with van der Waals surface area (Å²) < 4.78 is 13.9. The molecule has 1 N–H and O–H groups in total. The first-order chi connectivity index (χ1) is 24.1. The summed E-state index contributed by atoms with van der Waals surface area (Å²) in [5.74, 6) is 1.15. The van der Waals surface area contributed by atoms with Gasteiger partial charge in [-0.25, -0.2) is 4.79 Å². The van der Waals surface area contributed by atoms with Crippen LogP contribution >= 0.6 is 0 Å². The maximum atomic E-state index is 13.6. The molecule has 0 aliphatic carbocycles. The molecule has 0 saturated carbocycles. The first-order valence-electron chi connectivity index (χ1n) is 16.7. The molecule has 262 valence electrons. The highest BCUT2D eigenvalue weighted by Gasteiger charge is 2.29. The Bertz CT molecular complexity index is 2060. The molecule has 50 heavy (non-hydrogen) atoms. The van der Waals surface area contributed by atoms with Gasteiger partial charge >= 0.3 is 5.69 Å². The van der Waals surface area contributed by atoms with Crippen molar-refractivity contribution in [3.05, 3.63) is 109 Å². The molecule has 0 atom stereocenters. The van der Waals surface area contributed by atoms with Gasteiger partial charge < -0.3 is 23.8 Å². The van der Waals surface area contributed by atoms with E-state index in [1.54, 1.807) is 56.1 Å². The van der Waals surface area contributed by atoms with E-state index < -0.39 is 11.2 Å². The fourth-order valence-corrected chi connectivity index (χ4v) is 6.87. The summed E-state index contributed by atoms with van der Waals surface area (Å²) >= 11 is 0. The minimum Gasteiger partial charge on any atom is -0.496 e. The van der Waals surface area contributed by atoms with Crippen LogP contribution in [0, 0.1) is 12.8 Å². The number of carbonyl (C=O) groups is 2. The van der Waals surface area contributed by atoms with Crippen molar-refractivity contribution in [3.63, 3.8) is 0 Å². The van der Waals surface area contributed by atoms with Crippen LogP contribution in [-0.4, -0.2) is 101 Å². The number of benzene rings is 2. The van der Waals surface area contributed by atoms with Gasteiger partial charge in [0.1, 0.15) is 11.5 Å². The maximum absolute atomic E-state index is 13.6. The third-order valence-electron chi connectivity index (χ3n) is 9.71. The number of H-pyrrole nitrogens is 1. The monoisotopic (exact) mass is 682 g/mol. The zero-order valence-electron chi connectivity index (χ0n) is 28.8. The number of ether oxygens (including phenoxy) is 2. The molecule has 2 amide bonds. The smallest absolute Gasteiger partial charge is 0.333 e. The van der Waals surface area contributed by atoms with E-state index in [0.717, 1.165) is 43.6 Å². The predicted octanol–water partition coefficient (Wildman–Crippen LogP) is 2.53. The average molecular weight is 683 g/mol. The van der Waals surface area contributed by atoms with E-state index in [9.17, 15) is 24.0 Å². The number of likely N-dealkylation sites (tertiary alicyclic amines) is 1. The van der Waals surface area contributed by atoms with Gasteiger partial charge in [0.2, 0.25) is 0 Å². The minimum absolute atomic E-state index is 0.0442. The third-order valence-corrected chi connectivity index (χ3v) is 9.71. The van der Waals surface area contributed by atoms with Crippen LogP contribution in [0.3, 0.4) is 0 Å². The molecular formula is C37H42N6O7. The molecule has 2 saturated heterocycles. The van der Waals surface area contributed by atoms with E-state index >= 15 is 0 Å². The van der Waals surface area contributed by atoms with Gasteiger partial charge in [0.05, 0.1) is 25.5 Å². The summed E-state index contributed by atoms with van der Waals surface area (Å²) in [5.41, 5.74) is 2.55. The summed E-state index contributed by atoms with van der Waals surface area (Å²) in [6.45, 7) is 6.69. The van der Waals surface area contributed by atoms with Crippen molar-refractivity contribution < 1.29 is 19.1 Å². The van der Waals surface area contributed by atoms with Crippen LogP contribution in [0.25, 0.3) is 16.8 Å². The average Bonchev–Trinajstić information content (AvgIpc) is 3.13. The minimum atomic E-state index is -0.616. The molecule has 0 bridgehead atoms. The molecule has 2 fully saturated rings. The molecule has 4 aromatic rings. The van der Waals surface area contributed by atoms with E-state index in [0.29, 0.717) is 66.0 Å². The Kier molecular flexibility index (Phi) is 10.0. The summed E-state index contributed by atoms with van der Waals surface area (Å²) in [4.78, 5) is 71.5. The molecule has 0 radical (unpaired) electrons. The van der Waals surface area contributed by atoms with Gasteiger partial charge in [-0.05, 0) is 73.2 Å². The van der Waals surface area contributed by atoms with Crippen LogP contribution in [0.1, 0.15) is 39.1 Å². The topological polar surface area (TPSA) is 139 Å². The summed E-state index contributed by atoms with van der Waals surface area (Å²) in [6.07, 6.45) is 4.88. The number of hydrogen-bond acceptors (Lipinski definition) is 8. The molecule has 2 aromatic heterocycles. The van der Waals surface area contributed by atoms with E-state index in [4.69, 9.17) is 9.47 Å². The Labute approximate surface area is 289 Å². The highest BCUT2D eigenvalue weighted by molar-refractivity contribution is 5.98. The summed E-state index contributed by atoms with van der Waals surface area (Å²) in [7, 11) is 4.76. The molecule has 0 unspecified atom stereocenters. The number of hydrogen-bond donors (Lipinski definition) is 1. The van der Waals surface area contributed by atoms with Gasteiger partial charge in [-0.15, -0.1) is 0 Å². The molecule has 2 aromatic carbocycles. The largest absolute Gasteiger partial charge is 0.496 e. The molecule has 6 rings (SSSR count). The molecule has 2 aliphatic heterocycles. The van der Waals surface area contributed by atoms with Gasteiger partial charge in [-0.1, -0.05) is 6.07 Å². The first kappa shape index (κ1) is 34.4. The standard InChI is InChI=1S/C37H42N6O7/c1-24-19-28(23-39(2)34(24)45)26-5-7-29(32(21-26)50-4)36(47)42-17-15-40(16-18-42)22-25-9-12-41(13-10-25)35(46)27-6-8-31(49-3)30(20-27)43-14-11-33(44)38-37(43)48/h5-8,11,14,19-21,23,25H,9-10,12-13,15-18,22H2,1-4H3,(H,38,44,48). The number of aryl methyl sites for hydroxylation is 2. The lowest BCUT2D eigenvalue weighted by molar-refractivity contribution is 0.0559. The van der Waals surface area contributed by atoms with Crippen molar-refractivity contribution in [1.82, 2.24) is 28.8 Å². The Morgan fingerprint density at radius 2 is 1.50 bits per heavy atom. The lowest BCUT2D eigenvalue weighted by atomic mass is 9.95. The zero-order chi connectivity index (χ0) is 35.5. The number of aromatic amines is 1. The van der Waals surface area contributed by atoms with E-state index in [1.165, 1.54) is 23.9 Å². The Morgan fingerprint density at radius 3 is 2.16 bits per heavy atom. The van der Waals surface area contributed by atoms with Crippen LogP contribution in [0.15, 0.2) is 75.3 Å². The molecule has 13 heteroatoms. The third kappa shape index (κ3) is 7.13. The van der Waals surface area contributed by atoms with Crippen molar-refractivity contribution in [2.24, 2.45) is 13.0 Å². The Balaban J connectivity index is 1.02. The molecule has 4 heterocycles. The Morgan fingerprint density at radius 1 is 0.800 bits per heavy atom. The molecular weight excluding hydrogens is 640 g/mol. The number of piperazine rings is 1. The van der Waals surface area contributed by atoms with Gasteiger partial charge in [-0.3, -0.25) is 33.6 Å². The van der Waals surface area contributed by atoms with Crippen molar-refractivity contribution in [3.8, 4) is 28.3 Å². The van der Waals surface area contributed by atoms with Crippen molar-refractivity contribution in [1.29, 1.82) is 0 Å². The summed E-state index contributed by atoms with van der Waals surface area (Å²) in [6, 6.07) is 13.6. The number of pyridine rings is 1. The maximum Gasteiger partial charge on any atom is 0.333 e. The van der Waals surface area contributed by atoms with Crippen LogP contribution in [0.2, 0.25) is 0 Å². The number of aromatic nitrogens is 3. The normalized spacial score (nSPS) is 15.6. The number of methoxy groups -OCH3 is 2. The van der Waals surface area contributed by atoms with Crippen molar-refractivity contribution in [2.45, 2.75) is 19.8 Å². The lowest BCUT2D eigenvalue weighted by Crippen LogP contribution is -2.50. The summed E-state index contributed by atoms with van der Waals surface area (Å²) in [5, 5.41) is 0.